The van der Waals surface area contributed by atoms with E-state index in [0.717, 1.165) is 35.3 Å². The van der Waals surface area contributed by atoms with Gasteiger partial charge in [0.25, 0.3) is 10.0 Å². The van der Waals surface area contributed by atoms with Crippen LogP contribution in [0.3, 0.4) is 0 Å². The number of amides is 1. The molecule has 0 aliphatic rings. The third-order valence-corrected chi connectivity index (χ3v) is 8.42. The Morgan fingerprint density at radius 1 is 1.03 bits per heavy atom. The number of rotatable bonds is 13. The molecule has 0 radical (unpaired) electrons. The highest BCUT2D eigenvalue weighted by atomic mass is 35.5. The average molecular weight is 579 g/mol. The lowest BCUT2D eigenvalue weighted by Gasteiger charge is -2.32. The van der Waals surface area contributed by atoms with E-state index < -0.39 is 33.4 Å². The van der Waals surface area contributed by atoms with E-state index >= 15 is 4.39 Å². The molecule has 0 N–H and O–H groups in total. The smallest absolute Gasteiger partial charge is 0.264 e. The van der Waals surface area contributed by atoms with Gasteiger partial charge in [0.2, 0.25) is 5.91 Å². The van der Waals surface area contributed by atoms with Crippen LogP contribution in [0, 0.1) is 11.6 Å². The van der Waals surface area contributed by atoms with Crippen LogP contribution in [-0.2, 0) is 14.8 Å². The molecule has 1 amide bonds. The highest BCUT2D eigenvalue weighted by Crippen LogP contribution is 2.38. The summed E-state index contributed by atoms with van der Waals surface area (Å²) in [6, 6.07) is 14.1. The largest absolute Gasteiger partial charge is 0.493 e. The van der Waals surface area contributed by atoms with Crippen molar-refractivity contribution in [2.45, 2.75) is 50.5 Å². The van der Waals surface area contributed by atoms with E-state index in [9.17, 15) is 17.6 Å². The summed E-state index contributed by atoms with van der Waals surface area (Å²) in [6.07, 6.45) is 2.71. The van der Waals surface area contributed by atoms with Gasteiger partial charge in [0.05, 0.1) is 23.2 Å². The Balaban J connectivity index is 1.88. The predicted octanol–water partition coefficient (Wildman–Crippen LogP) is 6.99. The van der Waals surface area contributed by atoms with Crippen LogP contribution in [0.15, 0.2) is 71.6 Å². The Morgan fingerprint density at radius 3 is 2.41 bits per heavy atom. The summed E-state index contributed by atoms with van der Waals surface area (Å²) >= 11 is 5.95. The van der Waals surface area contributed by atoms with Crippen molar-refractivity contribution in [2.24, 2.45) is 0 Å². The van der Waals surface area contributed by atoms with Crippen molar-refractivity contribution >= 4 is 33.2 Å². The molecular weight excluding hydrogens is 546 g/mol. The summed E-state index contributed by atoms with van der Waals surface area (Å²) < 4.78 is 63.8. The van der Waals surface area contributed by atoms with Crippen LogP contribution in [-0.4, -0.2) is 39.4 Å². The van der Waals surface area contributed by atoms with Crippen LogP contribution in [0.2, 0.25) is 5.02 Å². The van der Waals surface area contributed by atoms with E-state index in [1.165, 1.54) is 24.3 Å². The fraction of sp³-hybridized carbons (Fsp3) is 0.345. The van der Waals surface area contributed by atoms with Gasteiger partial charge >= 0.3 is 0 Å². The van der Waals surface area contributed by atoms with Crippen LogP contribution in [0.1, 0.15) is 51.1 Å². The van der Waals surface area contributed by atoms with Gasteiger partial charge in [-0.2, -0.15) is 0 Å². The van der Waals surface area contributed by atoms with E-state index in [-0.39, 0.29) is 10.8 Å². The van der Waals surface area contributed by atoms with Gasteiger partial charge in [0.15, 0.2) is 0 Å². The fourth-order valence-corrected chi connectivity index (χ4v) is 5.93. The molecule has 0 heterocycles. The Labute approximate surface area is 234 Å². The highest BCUT2D eigenvalue weighted by Gasteiger charge is 2.34. The molecule has 3 rings (SSSR count). The standard InChI is InChI=1S/C29H33ClF2N2O4S/c1-4-9-29(35)33(3)18-7-8-19-38-28-11-6-5-10-25(28)21(2)34(27-20-23(31)14-17-26(27)32)39(36,37)24-15-12-22(30)13-16-24/h5-6,10-17,20-21H,4,7-9,18-19H2,1-3H3. The van der Waals surface area contributed by atoms with Gasteiger partial charge < -0.3 is 9.64 Å². The normalized spacial score (nSPS) is 12.2. The summed E-state index contributed by atoms with van der Waals surface area (Å²) in [5.74, 6) is -1.14. The summed E-state index contributed by atoms with van der Waals surface area (Å²) in [5, 5.41) is 0.338. The number of sulfonamides is 1. The van der Waals surface area contributed by atoms with Crippen LogP contribution in [0.4, 0.5) is 14.5 Å². The molecule has 0 fully saturated rings. The van der Waals surface area contributed by atoms with Crippen molar-refractivity contribution in [3.8, 4) is 5.75 Å². The zero-order chi connectivity index (χ0) is 28.6. The molecule has 1 atom stereocenters. The first-order chi connectivity index (χ1) is 18.6. The molecule has 6 nitrogen and oxygen atoms in total. The van der Waals surface area contributed by atoms with Crippen LogP contribution >= 0.6 is 11.6 Å². The molecule has 0 spiro atoms. The second-order valence-corrected chi connectivity index (χ2v) is 11.4. The SMILES string of the molecule is CCCC(=O)N(C)CCCCOc1ccccc1C(C)N(c1cc(F)ccc1F)S(=O)(=O)c1ccc(Cl)cc1. The molecule has 0 aliphatic heterocycles. The predicted molar refractivity (Wildman–Crippen MR) is 150 cm³/mol. The first-order valence-electron chi connectivity index (χ1n) is 12.8. The zero-order valence-corrected chi connectivity index (χ0v) is 23.8. The molecule has 0 saturated carbocycles. The van der Waals surface area contributed by atoms with Gasteiger partial charge in [-0.25, -0.2) is 17.2 Å². The molecule has 210 valence electrons. The number of unbranched alkanes of at least 4 members (excludes halogenated alkanes) is 1. The number of ether oxygens (including phenoxy) is 1. The van der Waals surface area contributed by atoms with Gasteiger partial charge in [-0.1, -0.05) is 36.7 Å². The second kappa shape index (κ2) is 13.8. The van der Waals surface area contributed by atoms with Crippen LogP contribution in [0.25, 0.3) is 0 Å². The Morgan fingerprint density at radius 2 is 1.72 bits per heavy atom. The number of carbonyl (C=O) groups is 1. The van der Waals surface area contributed by atoms with Gasteiger partial charge in [-0.15, -0.1) is 0 Å². The van der Waals surface area contributed by atoms with Crippen molar-refractivity contribution in [1.29, 1.82) is 0 Å². The lowest BCUT2D eigenvalue weighted by molar-refractivity contribution is -0.130. The molecule has 1 unspecified atom stereocenters. The minimum absolute atomic E-state index is 0.101. The first-order valence-corrected chi connectivity index (χ1v) is 14.6. The van der Waals surface area contributed by atoms with Crippen LogP contribution in [0.5, 0.6) is 5.75 Å². The molecular formula is C29H33ClF2N2O4S. The lowest BCUT2D eigenvalue weighted by Crippen LogP contribution is -2.34. The fourth-order valence-electron chi connectivity index (χ4n) is 4.17. The van der Waals surface area contributed by atoms with E-state index in [4.69, 9.17) is 16.3 Å². The molecule has 0 aromatic heterocycles. The highest BCUT2D eigenvalue weighted by molar-refractivity contribution is 7.92. The number of halogens is 3. The van der Waals surface area contributed by atoms with E-state index in [1.54, 1.807) is 43.1 Å². The quantitative estimate of drug-likeness (QED) is 0.205. The van der Waals surface area contributed by atoms with E-state index in [0.29, 0.717) is 42.3 Å². The molecule has 0 bridgehead atoms. The first kappa shape index (κ1) is 30.4. The maximum atomic E-state index is 15.0. The summed E-state index contributed by atoms with van der Waals surface area (Å²) in [7, 11) is -2.58. The summed E-state index contributed by atoms with van der Waals surface area (Å²) in [6.45, 7) is 4.49. The second-order valence-electron chi connectivity index (χ2n) is 9.19. The Kier molecular flexibility index (Phi) is 10.7. The Hall–Kier alpha value is -3.17. The minimum atomic E-state index is -4.35. The Bertz CT molecular complexity index is 1370. The molecule has 3 aromatic carbocycles. The van der Waals surface area contributed by atoms with Gasteiger partial charge in [-0.05, 0) is 68.7 Å². The number of para-hydroxylation sites is 1. The monoisotopic (exact) mass is 578 g/mol. The van der Waals surface area contributed by atoms with Crippen molar-refractivity contribution < 1.29 is 26.7 Å². The summed E-state index contributed by atoms with van der Waals surface area (Å²) in [5.41, 5.74) is 0.0565. The van der Waals surface area contributed by atoms with Gasteiger partial charge in [0, 0.05) is 36.7 Å². The summed E-state index contributed by atoms with van der Waals surface area (Å²) in [4.78, 5) is 13.5. The molecule has 10 heteroatoms. The number of anilines is 1. The number of hydrogen-bond donors (Lipinski definition) is 0. The van der Waals surface area contributed by atoms with Crippen molar-refractivity contribution in [2.75, 3.05) is 24.5 Å². The average Bonchev–Trinajstić information content (AvgIpc) is 2.91. The maximum Gasteiger partial charge on any atom is 0.264 e. The maximum absolute atomic E-state index is 15.0. The van der Waals surface area contributed by atoms with Crippen molar-refractivity contribution in [3.05, 3.63) is 89.0 Å². The van der Waals surface area contributed by atoms with E-state index in [2.05, 4.69) is 0 Å². The molecule has 0 aliphatic carbocycles. The van der Waals surface area contributed by atoms with Crippen LogP contribution < -0.4 is 9.04 Å². The lowest BCUT2D eigenvalue weighted by atomic mass is 10.1. The van der Waals surface area contributed by atoms with Gasteiger partial charge in [0.1, 0.15) is 17.4 Å². The van der Waals surface area contributed by atoms with Crippen molar-refractivity contribution in [3.63, 3.8) is 0 Å². The third-order valence-electron chi connectivity index (χ3n) is 6.27. The number of benzene rings is 3. The van der Waals surface area contributed by atoms with E-state index in [1.807, 2.05) is 6.92 Å². The number of nitrogens with zero attached hydrogens (tertiary/aromatic N) is 2. The molecule has 0 saturated heterocycles. The van der Waals surface area contributed by atoms with Crippen molar-refractivity contribution in [1.82, 2.24) is 4.90 Å². The topological polar surface area (TPSA) is 66.9 Å². The molecule has 3 aromatic rings. The number of hydrogen-bond acceptors (Lipinski definition) is 4. The minimum Gasteiger partial charge on any atom is -0.493 e. The third kappa shape index (κ3) is 7.70. The zero-order valence-electron chi connectivity index (χ0n) is 22.2. The number of carbonyl (C=O) groups excluding carboxylic acids is 1. The van der Waals surface area contributed by atoms with Gasteiger partial charge in [-0.3, -0.25) is 9.10 Å². The molecule has 39 heavy (non-hydrogen) atoms.